The maximum absolute atomic E-state index is 12.3. The van der Waals surface area contributed by atoms with Gasteiger partial charge in [0.2, 0.25) is 0 Å². The molecule has 1 fully saturated rings. The molecule has 1 saturated heterocycles. The van der Waals surface area contributed by atoms with Crippen molar-refractivity contribution in [3.05, 3.63) is 0 Å². The number of nitrogens with one attached hydrogen (secondary N) is 2. The fraction of sp³-hybridized carbons (Fsp3) is 0.778. The van der Waals surface area contributed by atoms with Crippen molar-refractivity contribution in [2.75, 3.05) is 31.6 Å². The predicted octanol–water partition coefficient (Wildman–Crippen LogP) is 1.81. The minimum absolute atomic E-state index is 0.000966. The highest BCUT2D eigenvalue weighted by Crippen LogP contribution is 2.27. The van der Waals surface area contributed by atoms with E-state index in [1.165, 1.54) is 17.7 Å². The molecule has 0 unspecified atom stereocenters. The van der Waals surface area contributed by atoms with E-state index in [4.69, 9.17) is 0 Å². The largest absolute Gasteiger partial charge is 0.320 e. The first kappa shape index (κ1) is 23.3. The van der Waals surface area contributed by atoms with Crippen LogP contribution >= 0.6 is 21.6 Å². The van der Waals surface area contributed by atoms with Crippen molar-refractivity contribution in [3.8, 4) is 0 Å². The maximum atomic E-state index is 12.3. The van der Waals surface area contributed by atoms with Crippen LogP contribution in [0, 0.1) is 5.92 Å². The van der Waals surface area contributed by atoms with Gasteiger partial charge in [-0.25, -0.2) is 0 Å². The SMILES string of the molecule is CNCC[C@H](NCC(=O)CC[C@@H]1CCC(=O)CCSSCC1=O)C(C)=O. The molecular formula is C18H30N2O4S2. The number of Topliss-reactive ketones (excluding diaryl/α,β-unsaturated/α-hetero) is 4. The van der Waals surface area contributed by atoms with Crippen LogP contribution in [0.5, 0.6) is 0 Å². The van der Waals surface area contributed by atoms with Gasteiger partial charge in [0.25, 0.3) is 0 Å². The van der Waals surface area contributed by atoms with Crippen LogP contribution in [0.15, 0.2) is 0 Å². The van der Waals surface area contributed by atoms with Crippen molar-refractivity contribution in [3.63, 3.8) is 0 Å². The molecule has 26 heavy (non-hydrogen) atoms. The minimum atomic E-state index is -0.326. The van der Waals surface area contributed by atoms with Crippen LogP contribution in [0.4, 0.5) is 0 Å². The molecule has 0 spiro atoms. The molecule has 0 radical (unpaired) electrons. The molecule has 1 heterocycles. The van der Waals surface area contributed by atoms with Gasteiger partial charge in [-0.1, -0.05) is 21.6 Å². The summed E-state index contributed by atoms with van der Waals surface area (Å²) in [4.78, 5) is 47.8. The first-order valence-corrected chi connectivity index (χ1v) is 11.6. The molecule has 1 rings (SSSR count). The second kappa shape index (κ2) is 13.5. The Hall–Kier alpha value is -0.700. The van der Waals surface area contributed by atoms with Gasteiger partial charge < -0.3 is 10.6 Å². The highest BCUT2D eigenvalue weighted by Gasteiger charge is 2.22. The fourth-order valence-corrected chi connectivity index (χ4v) is 4.82. The monoisotopic (exact) mass is 402 g/mol. The number of ketones is 4. The summed E-state index contributed by atoms with van der Waals surface area (Å²) in [6.45, 7) is 2.35. The third kappa shape index (κ3) is 9.85. The van der Waals surface area contributed by atoms with Gasteiger partial charge >= 0.3 is 0 Å². The van der Waals surface area contributed by atoms with Crippen molar-refractivity contribution in [2.45, 2.75) is 51.5 Å². The van der Waals surface area contributed by atoms with Gasteiger partial charge in [-0.05, 0) is 39.8 Å². The summed E-state index contributed by atoms with van der Waals surface area (Å²) in [5, 5.41) is 6.01. The summed E-state index contributed by atoms with van der Waals surface area (Å²) in [5.41, 5.74) is 0. The first-order chi connectivity index (χ1) is 12.4. The van der Waals surface area contributed by atoms with Crippen LogP contribution in [-0.2, 0) is 19.2 Å². The van der Waals surface area contributed by atoms with Gasteiger partial charge in [0.1, 0.15) is 23.1 Å². The molecule has 0 saturated carbocycles. The molecule has 0 bridgehead atoms. The van der Waals surface area contributed by atoms with Gasteiger partial charge in [0.15, 0.2) is 0 Å². The molecule has 1 aliphatic heterocycles. The Balaban J connectivity index is 2.43. The summed E-state index contributed by atoms with van der Waals surface area (Å²) < 4.78 is 0. The number of hydrogen-bond donors (Lipinski definition) is 2. The van der Waals surface area contributed by atoms with Crippen molar-refractivity contribution in [1.82, 2.24) is 10.6 Å². The third-order valence-corrected chi connectivity index (χ3v) is 6.76. The van der Waals surface area contributed by atoms with Gasteiger partial charge in [-0.2, -0.15) is 0 Å². The molecule has 0 aliphatic carbocycles. The quantitative estimate of drug-likeness (QED) is 0.535. The lowest BCUT2D eigenvalue weighted by Gasteiger charge is -2.17. The van der Waals surface area contributed by atoms with Crippen molar-refractivity contribution >= 4 is 44.7 Å². The Kier molecular flexibility index (Phi) is 12.1. The summed E-state index contributed by atoms with van der Waals surface area (Å²) in [7, 11) is 4.89. The summed E-state index contributed by atoms with van der Waals surface area (Å²) in [5.74, 6) is 1.32. The zero-order valence-corrected chi connectivity index (χ0v) is 17.3. The van der Waals surface area contributed by atoms with Crippen LogP contribution in [0.1, 0.15) is 45.4 Å². The van der Waals surface area contributed by atoms with E-state index in [-0.39, 0.29) is 41.6 Å². The Morgan fingerprint density at radius 2 is 2.00 bits per heavy atom. The average molecular weight is 403 g/mol. The molecule has 0 aromatic heterocycles. The van der Waals surface area contributed by atoms with Crippen molar-refractivity contribution in [1.29, 1.82) is 0 Å². The summed E-state index contributed by atoms with van der Waals surface area (Å²) >= 11 is 0. The zero-order chi connectivity index (χ0) is 19.4. The molecule has 0 amide bonds. The predicted molar refractivity (Wildman–Crippen MR) is 108 cm³/mol. The number of carbonyl (C=O) groups is 4. The van der Waals surface area contributed by atoms with E-state index < -0.39 is 0 Å². The van der Waals surface area contributed by atoms with E-state index in [0.29, 0.717) is 50.8 Å². The van der Waals surface area contributed by atoms with Crippen LogP contribution in [0.2, 0.25) is 0 Å². The molecule has 6 nitrogen and oxygen atoms in total. The van der Waals surface area contributed by atoms with E-state index in [0.717, 1.165) is 5.75 Å². The molecule has 2 N–H and O–H groups in total. The Morgan fingerprint density at radius 1 is 1.23 bits per heavy atom. The minimum Gasteiger partial charge on any atom is -0.320 e. The zero-order valence-electron chi connectivity index (χ0n) is 15.7. The molecule has 148 valence electrons. The fourth-order valence-electron chi connectivity index (χ4n) is 2.76. The molecule has 0 aromatic rings. The van der Waals surface area contributed by atoms with Gasteiger partial charge in [-0.15, -0.1) is 0 Å². The topological polar surface area (TPSA) is 92.3 Å². The molecule has 1 aliphatic rings. The van der Waals surface area contributed by atoms with Crippen LogP contribution in [-0.4, -0.2) is 60.8 Å². The van der Waals surface area contributed by atoms with E-state index >= 15 is 0 Å². The highest BCUT2D eigenvalue weighted by molar-refractivity contribution is 8.76. The molecule has 8 heteroatoms. The van der Waals surface area contributed by atoms with E-state index in [1.807, 2.05) is 7.05 Å². The van der Waals surface area contributed by atoms with E-state index in [1.54, 1.807) is 10.8 Å². The molecular weight excluding hydrogens is 372 g/mol. The lowest BCUT2D eigenvalue weighted by atomic mass is 9.91. The maximum Gasteiger partial charge on any atom is 0.146 e. The Labute approximate surface area is 163 Å². The Morgan fingerprint density at radius 3 is 2.69 bits per heavy atom. The number of carbonyl (C=O) groups excluding carboxylic acids is 4. The summed E-state index contributed by atoms with van der Waals surface area (Å²) in [6.07, 6.45) is 2.94. The smallest absolute Gasteiger partial charge is 0.146 e. The number of rotatable bonds is 10. The summed E-state index contributed by atoms with van der Waals surface area (Å²) in [6, 6.07) is -0.326. The molecule has 2 atom stereocenters. The lowest BCUT2D eigenvalue weighted by Crippen LogP contribution is -2.40. The van der Waals surface area contributed by atoms with E-state index in [9.17, 15) is 19.2 Å². The molecule has 0 aromatic carbocycles. The third-order valence-electron chi connectivity index (χ3n) is 4.47. The van der Waals surface area contributed by atoms with Gasteiger partial charge in [0.05, 0.1) is 18.3 Å². The van der Waals surface area contributed by atoms with Crippen LogP contribution in [0.3, 0.4) is 0 Å². The Bertz CT molecular complexity index is 500. The van der Waals surface area contributed by atoms with Crippen LogP contribution in [0.25, 0.3) is 0 Å². The van der Waals surface area contributed by atoms with Crippen molar-refractivity contribution < 1.29 is 19.2 Å². The van der Waals surface area contributed by atoms with Crippen LogP contribution < -0.4 is 10.6 Å². The average Bonchev–Trinajstić information content (AvgIpc) is 2.60. The van der Waals surface area contributed by atoms with E-state index in [2.05, 4.69) is 10.6 Å². The normalized spacial score (nSPS) is 20.6. The van der Waals surface area contributed by atoms with Gasteiger partial charge in [-0.3, -0.25) is 19.2 Å². The number of hydrogen-bond acceptors (Lipinski definition) is 8. The lowest BCUT2D eigenvalue weighted by molar-refractivity contribution is -0.122. The van der Waals surface area contributed by atoms with Gasteiger partial charge in [0, 0.05) is 30.9 Å². The first-order valence-electron chi connectivity index (χ1n) is 9.13. The van der Waals surface area contributed by atoms with Crippen molar-refractivity contribution in [2.24, 2.45) is 5.92 Å². The second-order valence-corrected chi connectivity index (χ2v) is 9.17. The second-order valence-electron chi connectivity index (χ2n) is 6.59. The highest BCUT2D eigenvalue weighted by atomic mass is 33.1. The standard InChI is InChI=1S/C18H30N2O4S2/c1-13(21)17(7-9-19-2)20-11-16(23)6-4-14-3-5-15(22)8-10-25-26-12-18(14)24/h14,17,19-20H,3-12H2,1-2H3/t14-,17-/m0/s1.